The smallest absolute Gasteiger partial charge is 0.243 e. The van der Waals surface area contributed by atoms with E-state index in [2.05, 4.69) is 16.5 Å². The molecule has 3 aliphatic rings. The number of amidine groups is 1. The molecule has 0 aromatic heterocycles. The molecule has 3 heterocycles. The van der Waals surface area contributed by atoms with Crippen LogP contribution in [0.1, 0.15) is 42.9 Å². The number of piperidine rings is 1. The SMILES string of the molecule is Cc1ccc(S(=O)(=O)N2CCCCC2)cc1NC(=O)CSC1=Nc2ccccc2[C@H]2CC=NN12. The fourth-order valence-electron chi connectivity index (χ4n) is 4.45. The van der Waals surface area contributed by atoms with Gasteiger partial charge in [-0.3, -0.25) is 4.79 Å². The number of hydrazone groups is 1. The van der Waals surface area contributed by atoms with Crippen molar-refractivity contribution in [2.75, 3.05) is 24.2 Å². The maximum Gasteiger partial charge on any atom is 0.243 e. The van der Waals surface area contributed by atoms with Gasteiger partial charge in [-0.15, -0.1) is 0 Å². The largest absolute Gasteiger partial charge is 0.325 e. The molecule has 0 radical (unpaired) electrons. The molecule has 178 valence electrons. The molecule has 3 aliphatic heterocycles. The fraction of sp³-hybridized carbons (Fsp3) is 0.375. The van der Waals surface area contributed by atoms with Gasteiger partial charge < -0.3 is 5.32 Å². The summed E-state index contributed by atoms with van der Waals surface area (Å²) in [5.41, 5.74) is 3.36. The van der Waals surface area contributed by atoms with E-state index in [1.54, 1.807) is 18.2 Å². The third kappa shape index (κ3) is 4.49. The van der Waals surface area contributed by atoms with E-state index in [1.165, 1.54) is 16.1 Å². The second kappa shape index (κ2) is 9.52. The number of carbonyl (C=O) groups is 1. The number of thioether (sulfide) groups is 1. The van der Waals surface area contributed by atoms with Crippen LogP contribution in [-0.2, 0) is 14.8 Å². The van der Waals surface area contributed by atoms with Crippen molar-refractivity contribution in [1.82, 2.24) is 9.31 Å². The fourth-order valence-corrected chi connectivity index (χ4v) is 6.79. The minimum Gasteiger partial charge on any atom is -0.325 e. The van der Waals surface area contributed by atoms with Crippen molar-refractivity contribution >= 4 is 50.4 Å². The highest BCUT2D eigenvalue weighted by Gasteiger charge is 2.33. The molecular formula is C24H27N5O3S2. The molecule has 10 heteroatoms. The number of sulfonamides is 1. The zero-order valence-corrected chi connectivity index (χ0v) is 20.6. The quantitative estimate of drug-likeness (QED) is 0.666. The van der Waals surface area contributed by atoms with Gasteiger partial charge in [0.1, 0.15) is 0 Å². The van der Waals surface area contributed by atoms with E-state index < -0.39 is 10.0 Å². The van der Waals surface area contributed by atoms with Crippen molar-refractivity contribution in [3.8, 4) is 0 Å². The molecule has 2 aromatic carbocycles. The Labute approximate surface area is 204 Å². The summed E-state index contributed by atoms with van der Waals surface area (Å²) in [6, 6.07) is 13.0. The number of nitrogens with zero attached hydrogens (tertiary/aromatic N) is 4. The Morgan fingerprint density at radius 2 is 1.94 bits per heavy atom. The molecule has 1 amide bonds. The van der Waals surface area contributed by atoms with Crippen LogP contribution >= 0.6 is 11.8 Å². The van der Waals surface area contributed by atoms with Gasteiger partial charge in [0.25, 0.3) is 0 Å². The number of fused-ring (bicyclic) bond motifs is 3. The van der Waals surface area contributed by atoms with Gasteiger partial charge in [0.15, 0.2) is 5.17 Å². The van der Waals surface area contributed by atoms with Gasteiger partial charge in [-0.25, -0.2) is 18.4 Å². The normalized spacial score (nSPS) is 20.0. The first-order chi connectivity index (χ1) is 16.4. The zero-order valence-electron chi connectivity index (χ0n) is 19.0. The maximum atomic E-state index is 13.0. The lowest BCUT2D eigenvalue weighted by molar-refractivity contribution is -0.113. The Balaban J connectivity index is 1.28. The first-order valence-electron chi connectivity index (χ1n) is 11.5. The third-order valence-corrected chi connectivity index (χ3v) is 9.14. The number of benzene rings is 2. The number of amides is 1. The molecule has 0 spiro atoms. The molecule has 5 rings (SSSR count). The topological polar surface area (TPSA) is 94.4 Å². The number of nitrogens with one attached hydrogen (secondary N) is 1. The zero-order chi connectivity index (χ0) is 23.7. The lowest BCUT2D eigenvalue weighted by Crippen LogP contribution is -2.35. The van der Waals surface area contributed by atoms with Crippen LogP contribution in [0.2, 0.25) is 0 Å². The molecule has 34 heavy (non-hydrogen) atoms. The summed E-state index contributed by atoms with van der Waals surface area (Å²) < 4.78 is 27.6. The summed E-state index contributed by atoms with van der Waals surface area (Å²) in [6.07, 6.45) is 5.49. The Kier molecular flexibility index (Phi) is 6.46. The number of hydrogen-bond acceptors (Lipinski definition) is 7. The number of anilines is 1. The van der Waals surface area contributed by atoms with Crippen LogP contribution in [0.4, 0.5) is 11.4 Å². The lowest BCUT2D eigenvalue weighted by Gasteiger charge is -2.29. The number of carbonyl (C=O) groups excluding carboxylic acids is 1. The maximum absolute atomic E-state index is 13.0. The lowest BCUT2D eigenvalue weighted by atomic mass is 10.0. The van der Waals surface area contributed by atoms with E-state index in [4.69, 9.17) is 4.99 Å². The van der Waals surface area contributed by atoms with Gasteiger partial charge in [-0.1, -0.05) is 42.4 Å². The van der Waals surface area contributed by atoms with Crippen molar-refractivity contribution in [3.63, 3.8) is 0 Å². The first-order valence-corrected chi connectivity index (χ1v) is 13.9. The van der Waals surface area contributed by atoms with E-state index in [0.717, 1.165) is 42.5 Å². The molecule has 2 aromatic rings. The summed E-state index contributed by atoms with van der Waals surface area (Å²) in [5, 5.41) is 9.90. The van der Waals surface area contributed by atoms with Gasteiger partial charge in [0.2, 0.25) is 15.9 Å². The van der Waals surface area contributed by atoms with E-state index in [-0.39, 0.29) is 22.6 Å². The van der Waals surface area contributed by atoms with Gasteiger partial charge in [-0.2, -0.15) is 9.41 Å². The second-order valence-corrected chi connectivity index (χ2v) is 11.5. The van der Waals surface area contributed by atoms with Crippen molar-refractivity contribution < 1.29 is 13.2 Å². The highest BCUT2D eigenvalue weighted by atomic mass is 32.2. The van der Waals surface area contributed by atoms with Crippen molar-refractivity contribution in [2.24, 2.45) is 10.1 Å². The number of aryl methyl sites for hydroxylation is 1. The minimum absolute atomic E-state index is 0.109. The standard InChI is InChI=1S/C24H27N5O3S2/c1-17-9-10-18(34(31,32)28-13-5-2-6-14-28)15-21(17)26-23(30)16-33-24-27-20-8-4-3-7-19(20)22-11-12-25-29(22)24/h3-4,7-10,12,15,22H,2,5-6,11,13-14,16H2,1H3,(H,26,30)/t22-/m1/s1. The van der Waals surface area contributed by atoms with E-state index in [1.807, 2.05) is 36.3 Å². The summed E-state index contributed by atoms with van der Waals surface area (Å²) in [6.45, 7) is 2.94. The van der Waals surface area contributed by atoms with E-state index in [9.17, 15) is 13.2 Å². The van der Waals surface area contributed by atoms with E-state index in [0.29, 0.717) is 23.9 Å². The average molecular weight is 498 g/mol. The second-order valence-electron chi connectivity index (χ2n) is 8.63. The number of para-hydroxylation sites is 1. The molecule has 1 atom stereocenters. The molecule has 0 saturated carbocycles. The first kappa shape index (κ1) is 23.1. The summed E-state index contributed by atoms with van der Waals surface area (Å²) in [4.78, 5) is 17.7. The predicted octanol–water partition coefficient (Wildman–Crippen LogP) is 4.28. The van der Waals surface area contributed by atoms with Crippen LogP contribution in [0.25, 0.3) is 0 Å². The van der Waals surface area contributed by atoms with Crippen molar-refractivity contribution in [2.45, 2.75) is 43.5 Å². The highest BCUT2D eigenvalue weighted by molar-refractivity contribution is 8.14. The van der Waals surface area contributed by atoms with Crippen LogP contribution in [-0.4, -0.2) is 53.9 Å². The number of aliphatic imine (C=N–C) groups is 1. The van der Waals surface area contributed by atoms with Crippen LogP contribution in [0.15, 0.2) is 57.5 Å². The Hall–Kier alpha value is -2.69. The summed E-state index contributed by atoms with van der Waals surface area (Å²) in [7, 11) is -3.57. The van der Waals surface area contributed by atoms with Gasteiger partial charge in [0.05, 0.1) is 22.4 Å². The predicted molar refractivity (Wildman–Crippen MR) is 136 cm³/mol. The number of hydrogen-bond donors (Lipinski definition) is 1. The average Bonchev–Trinajstić information content (AvgIpc) is 3.35. The third-order valence-electron chi connectivity index (χ3n) is 6.31. The van der Waals surface area contributed by atoms with Gasteiger partial charge >= 0.3 is 0 Å². The Bertz CT molecular complexity index is 1270. The molecule has 1 saturated heterocycles. The van der Waals surface area contributed by atoms with Crippen LogP contribution < -0.4 is 5.32 Å². The molecule has 1 fully saturated rings. The van der Waals surface area contributed by atoms with Crippen molar-refractivity contribution in [3.05, 3.63) is 53.6 Å². The Morgan fingerprint density at radius 3 is 2.76 bits per heavy atom. The van der Waals surface area contributed by atoms with Crippen molar-refractivity contribution in [1.29, 1.82) is 0 Å². The minimum atomic E-state index is -3.57. The molecular weight excluding hydrogens is 470 g/mol. The Morgan fingerprint density at radius 1 is 1.15 bits per heavy atom. The molecule has 0 bridgehead atoms. The monoisotopic (exact) mass is 497 g/mol. The molecule has 0 unspecified atom stereocenters. The molecule has 0 aliphatic carbocycles. The highest BCUT2D eigenvalue weighted by Crippen LogP contribution is 2.40. The van der Waals surface area contributed by atoms with Crippen LogP contribution in [0.5, 0.6) is 0 Å². The number of rotatable bonds is 5. The summed E-state index contributed by atoms with van der Waals surface area (Å²) >= 11 is 1.33. The molecule has 8 nitrogen and oxygen atoms in total. The molecule has 1 N–H and O–H groups in total. The van der Waals surface area contributed by atoms with Crippen LogP contribution in [0, 0.1) is 6.92 Å². The summed E-state index contributed by atoms with van der Waals surface area (Å²) in [5.74, 6) is -0.0793. The van der Waals surface area contributed by atoms with Gasteiger partial charge in [0, 0.05) is 37.0 Å². The van der Waals surface area contributed by atoms with Gasteiger partial charge in [-0.05, 0) is 43.5 Å². The van der Waals surface area contributed by atoms with Crippen LogP contribution in [0.3, 0.4) is 0 Å². The van der Waals surface area contributed by atoms with E-state index >= 15 is 0 Å².